The normalized spacial score (nSPS) is 4.54. The molecule has 96 valence electrons. The Bertz CT molecular complexity index is 51.3. The van der Waals surface area contributed by atoms with E-state index in [1.165, 1.54) is 0 Å². The molecule has 0 saturated carbocycles. The number of rotatable bonds is 0. The van der Waals surface area contributed by atoms with Gasteiger partial charge in [0.1, 0.15) is 0 Å². The van der Waals surface area contributed by atoms with Gasteiger partial charge in [0.25, 0.3) is 0 Å². The van der Waals surface area contributed by atoms with Crippen LogP contribution in [0, 0.1) is 0 Å². The maximum absolute atomic E-state index is 8.94. The Morgan fingerprint density at radius 1 is 0.538 bits per heavy atom. The molecule has 0 aromatic heterocycles. The summed E-state index contributed by atoms with van der Waals surface area (Å²) < 4.78 is 30.7. The van der Waals surface area contributed by atoms with E-state index < -0.39 is 14.5 Å². The van der Waals surface area contributed by atoms with Gasteiger partial charge in [0, 0.05) is 0 Å². The van der Waals surface area contributed by atoms with Crippen molar-refractivity contribution in [2.45, 2.75) is 0 Å². The van der Waals surface area contributed by atoms with E-state index in [1.807, 2.05) is 0 Å². The van der Waals surface area contributed by atoms with Gasteiger partial charge in [-0.1, -0.05) is 0 Å². The molecule has 0 aromatic carbocycles. The summed E-state index contributed by atoms with van der Waals surface area (Å²) in [6.07, 6.45) is 0. The summed E-state index contributed by atoms with van der Waals surface area (Å²) in [5.74, 6) is 0. The summed E-state index contributed by atoms with van der Waals surface area (Å²) in [4.78, 5) is 0. The second kappa shape index (κ2) is 40.6. The first-order chi connectivity index (χ1) is 2.00. The predicted molar refractivity (Wildman–Crippen MR) is 42.0 cm³/mol. The van der Waals surface area contributed by atoms with Crippen LogP contribution in [0.15, 0.2) is 0 Å². The Hall–Kier alpha value is -0.0816. The molecule has 0 bridgehead atoms. The van der Waals surface area contributed by atoms with Crippen LogP contribution in [-0.2, 0) is 3.74 Å². The van der Waals surface area contributed by atoms with Crippen LogP contribution in [0.3, 0.4) is 0 Å². The maximum atomic E-state index is 8.94. The Morgan fingerprint density at radius 3 is 0.538 bits per heavy atom. The fourth-order valence-corrected chi connectivity index (χ4v) is 0. The van der Waals surface area contributed by atoms with E-state index in [0.29, 0.717) is 0 Å². The third-order valence-corrected chi connectivity index (χ3v) is 0. The quantitative estimate of drug-likeness (QED) is 0.364. The molecule has 0 unspecified atom stereocenters. The van der Waals surface area contributed by atoms with E-state index in [0.717, 1.165) is 0 Å². The van der Waals surface area contributed by atoms with Gasteiger partial charge in [-0.05, 0) is 0 Å². The van der Waals surface area contributed by atoms with Crippen LogP contribution in [0.2, 0.25) is 0 Å². The van der Waals surface area contributed by atoms with Crippen molar-refractivity contribution in [2.75, 3.05) is 0 Å². The monoisotopic (exact) mass is 286 g/mol. The molecule has 12 nitrogen and oxygen atoms in total. The van der Waals surface area contributed by atoms with E-state index in [2.05, 4.69) is 0 Å². The first kappa shape index (κ1) is 120. The topological polar surface area (TPSA) is 330 Å². The average Bonchev–Trinajstić information content (AvgIpc) is 0.722. The first-order valence-electron chi connectivity index (χ1n) is 0.783. The van der Waals surface area contributed by atoms with Gasteiger partial charge in [0.15, 0.2) is 0 Å². The van der Waals surface area contributed by atoms with Crippen LogP contribution >= 0.6 is 0 Å². The summed E-state index contributed by atoms with van der Waals surface area (Å²) in [5.41, 5.74) is 0. The molecule has 0 aliphatic rings. The molecule has 13 heteroatoms. The molecule has 0 rings (SSSR count). The first-order valence-corrected chi connectivity index (χ1v) is 4.07. The van der Waals surface area contributed by atoms with E-state index >= 15 is 0 Å². The van der Waals surface area contributed by atoms with Crippen molar-refractivity contribution in [1.29, 1.82) is 0 Å². The molecule has 0 aromatic rings. The Morgan fingerprint density at radius 2 is 0.538 bits per heavy atom. The minimum absolute atomic E-state index is 0. The van der Waals surface area contributed by atoms with Crippen LogP contribution in [0.5, 0.6) is 0 Å². The van der Waals surface area contributed by atoms with Crippen LogP contribution in [0.25, 0.3) is 0 Å². The van der Waals surface area contributed by atoms with Crippen molar-refractivity contribution in [2.24, 2.45) is 0 Å². The standard InChI is InChI=1S/AsH3O4.8H2O/c2-1(3,4)5;;;;;;;;/h(H3,2,3,4,5);8*1H2. The van der Waals surface area contributed by atoms with Crippen molar-refractivity contribution >= 4 is 14.5 Å². The molecule has 0 fully saturated rings. The SMILES string of the molecule is O.O.O.O.O.O.O.O.O=[As](O)(O)O. The molecule has 0 atom stereocenters. The fourth-order valence-electron chi connectivity index (χ4n) is 0. The Balaban J connectivity index is -0.00000000286. The van der Waals surface area contributed by atoms with Crippen LogP contribution in [-0.4, -0.2) is 70.6 Å². The summed E-state index contributed by atoms with van der Waals surface area (Å²) >= 11 is -5.12. The molecule has 0 heterocycles. The second-order valence-electron chi connectivity index (χ2n) is 0.513. The van der Waals surface area contributed by atoms with Gasteiger partial charge in [-0.3, -0.25) is 0 Å². The van der Waals surface area contributed by atoms with Crippen molar-refractivity contribution in [3.05, 3.63) is 0 Å². The molecule has 0 saturated heterocycles. The summed E-state index contributed by atoms with van der Waals surface area (Å²) in [6, 6.07) is 0. The van der Waals surface area contributed by atoms with Crippen molar-refractivity contribution < 1.29 is 59.8 Å². The zero-order valence-corrected chi connectivity index (χ0v) is 8.07. The number of hydrogen-bond acceptors (Lipinski definition) is 1. The average molecular weight is 286 g/mol. The minimum atomic E-state index is -5.12. The van der Waals surface area contributed by atoms with Gasteiger partial charge >= 0.3 is 30.5 Å². The van der Waals surface area contributed by atoms with E-state index in [1.54, 1.807) is 0 Å². The zero-order chi connectivity index (χ0) is 4.50. The van der Waals surface area contributed by atoms with Gasteiger partial charge in [-0.2, -0.15) is 0 Å². The third kappa shape index (κ3) is 176000. The molecular weight excluding hydrogens is 267 g/mol. The van der Waals surface area contributed by atoms with Gasteiger partial charge in [-0.15, -0.1) is 0 Å². The van der Waals surface area contributed by atoms with Gasteiger partial charge < -0.3 is 43.8 Å². The molecule has 0 spiro atoms. The Labute approximate surface area is 75.3 Å². The molecule has 0 aliphatic carbocycles. The molecule has 13 heavy (non-hydrogen) atoms. The predicted octanol–water partition coefficient (Wildman–Crippen LogP) is -8.77. The van der Waals surface area contributed by atoms with E-state index in [-0.39, 0.29) is 43.8 Å². The molecule has 0 radical (unpaired) electrons. The van der Waals surface area contributed by atoms with Crippen LogP contribution < -0.4 is 0 Å². The summed E-state index contributed by atoms with van der Waals surface area (Å²) in [6.45, 7) is 0. The molecule has 19 N–H and O–H groups in total. The fraction of sp³-hybridized carbons (Fsp3) is 0. The van der Waals surface area contributed by atoms with Crippen LogP contribution in [0.1, 0.15) is 0 Å². The van der Waals surface area contributed by atoms with Gasteiger partial charge in [0.2, 0.25) is 0 Å². The summed E-state index contributed by atoms with van der Waals surface area (Å²) in [7, 11) is 0. The van der Waals surface area contributed by atoms with E-state index in [4.69, 9.17) is 16.0 Å². The van der Waals surface area contributed by atoms with Crippen molar-refractivity contribution in [1.82, 2.24) is 0 Å². The van der Waals surface area contributed by atoms with Crippen LogP contribution in [0.4, 0.5) is 0 Å². The molecular formula is H19AsO12. The second-order valence-corrected chi connectivity index (χ2v) is 2.67. The summed E-state index contributed by atoms with van der Waals surface area (Å²) in [5, 5.41) is 0. The molecule has 0 amide bonds. The number of hydrogen-bond donors (Lipinski definition) is 3. The Kier molecular flexibility index (Phi) is 373. The molecule has 0 aliphatic heterocycles. The van der Waals surface area contributed by atoms with E-state index in [9.17, 15) is 0 Å². The third-order valence-electron chi connectivity index (χ3n) is 0. The van der Waals surface area contributed by atoms with Crippen molar-refractivity contribution in [3.8, 4) is 0 Å². The van der Waals surface area contributed by atoms with Gasteiger partial charge in [-0.25, -0.2) is 0 Å². The van der Waals surface area contributed by atoms with Gasteiger partial charge in [0.05, 0.1) is 0 Å². The van der Waals surface area contributed by atoms with Crippen molar-refractivity contribution in [3.63, 3.8) is 0 Å². The zero-order valence-electron chi connectivity index (χ0n) is 6.20.